The van der Waals surface area contributed by atoms with Gasteiger partial charge in [-0.05, 0) is 58.2 Å². The van der Waals surface area contributed by atoms with E-state index in [9.17, 15) is 9.59 Å². The van der Waals surface area contributed by atoms with Gasteiger partial charge in [0.15, 0.2) is 0 Å². The fourth-order valence-corrected chi connectivity index (χ4v) is 4.22. The quantitative estimate of drug-likeness (QED) is 0.859. The summed E-state index contributed by atoms with van der Waals surface area (Å²) in [6.45, 7) is 6.20. The Morgan fingerprint density at radius 2 is 1.92 bits per heavy atom. The number of nitrogens with zero attached hydrogens (tertiary/aromatic N) is 3. The second-order valence-corrected chi connectivity index (χ2v) is 7.84. The van der Waals surface area contributed by atoms with E-state index in [0.717, 1.165) is 29.8 Å². The third-order valence-corrected chi connectivity index (χ3v) is 5.65. The van der Waals surface area contributed by atoms with E-state index in [1.807, 2.05) is 24.0 Å². The zero-order valence-electron chi connectivity index (χ0n) is 14.4. The Morgan fingerprint density at radius 1 is 1.21 bits per heavy atom. The molecule has 0 N–H and O–H groups in total. The maximum atomic E-state index is 12.7. The van der Waals surface area contributed by atoms with E-state index in [1.54, 1.807) is 17.4 Å². The molecule has 0 radical (unpaired) electrons. The average molecular weight is 345 g/mol. The molecule has 0 aromatic carbocycles. The second kappa shape index (κ2) is 6.89. The predicted octanol–water partition coefficient (Wildman–Crippen LogP) is 3.07. The van der Waals surface area contributed by atoms with E-state index in [2.05, 4.69) is 18.9 Å². The van der Waals surface area contributed by atoms with Gasteiger partial charge in [-0.15, -0.1) is 11.3 Å². The number of thiophene rings is 1. The van der Waals surface area contributed by atoms with Crippen LogP contribution in [-0.2, 0) is 11.3 Å². The van der Waals surface area contributed by atoms with Crippen LogP contribution in [0.15, 0.2) is 29.1 Å². The highest BCUT2D eigenvalue weighted by atomic mass is 32.1. The highest BCUT2D eigenvalue weighted by Crippen LogP contribution is 2.25. The summed E-state index contributed by atoms with van der Waals surface area (Å²) >= 11 is 1.63. The van der Waals surface area contributed by atoms with Crippen LogP contribution in [0.4, 0.5) is 0 Å². The van der Waals surface area contributed by atoms with Crippen LogP contribution in [-0.4, -0.2) is 32.7 Å². The van der Waals surface area contributed by atoms with Crippen LogP contribution in [0.5, 0.6) is 0 Å². The number of carbonyl (C=O) groups excluding carboxylic acids is 1. The van der Waals surface area contributed by atoms with Crippen molar-refractivity contribution in [3.63, 3.8) is 0 Å². The molecule has 0 saturated carbocycles. The standard InChI is InChI=1S/C18H23N3O2S/c1-12-5-4-6-13(2)21(12)18(23)11-20-17(22)10-8-15(19-20)16-9-7-14(3)24-16/h7-10,12-13H,4-6,11H2,1-3H3. The van der Waals surface area contributed by atoms with Crippen LogP contribution in [0.1, 0.15) is 38.0 Å². The van der Waals surface area contributed by atoms with Gasteiger partial charge in [0.1, 0.15) is 12.2 Å². The molecule has 0 spiro atoms. The first-order valence-corrected chi connectivity index (χ1v) is 9.23. The fraction of sp³-hybridized carbons (Fsp3) is 0.500. The number of hydrogen-bond donors (Lipinski definition) is 0. The lowest BCUT2D eigenvalue weighted by Crippen LogP contribution is -2.49. The molecule has 6 heteroatoms. The minimum Gasteiger partial charge on any atom is -0.336 e. The van der Waals surface area contributed by atoms with Crippen LogP contribution >= 0.6 is 11.3 Å². The highest BCUT2D eigenvalue weighted by Gasteiger charge is 2.29. The van der Waals surface area contributed by atoms with Gasteiger partial charge in [0.2, 0.25) is 5.91 Å². The van der Waals surface area contributed by atoms with Crippen LogP contribution < -0.4 is 5.56 Å². The van der Waals surface area contributed by atoms with E-state index in [4.69, 9.17) is 0 Å². The normalized spacial score (nSPS) is 21.0. The average Bonchev–Trinajstić information content (AvgIpc) is 2.96. The van der Waals surface area contributed by atoms with E-state index in [1.165, 1.54) is 15.6 Å². The van der Waals surface area contributed by atoms with Gasteiger partial charge in [-0.3, -0.25) is 9.59 Å². The maximum absolute atomic E-state index is 12.7. The van der Waals surface area contributed by atoms with Crippen molar-refractivity contribution >= 4 is 17.2 Å². The zero-order valence-corrected chi connectivity index (χ0v) is 15.2. The molecule has 128 valence electrons. The lowest BCUT2D eigenvalue weighted by Gasteiger charge is -2.39. The Balaban J connectivity index is 1.84. The highest BCUT2D eigenvalue weighted by molar-refractivity contribution is 7.15. The van der Waals surface area contributed by atoms with Crippen molar-refractivity contribution in [2.75, 3.05) is 0 Å². The number of rotatable bonds is 3. The van der Waals surface area contributed by atoms with E-state index >= 15 is 0 Å². The monoisotopic (exact) mass is 345 g/mol. The van der Waals surface area contributed by atoms with Gasteiger partial charge in [0, 0.05) is 23.0 Å². The minimum absolute atomic E-state index is 0.00567. The first-order chi connectivity index (χ1) is 11.5. The number of piperidine rings is 1. The number of aromatic nitrogens is 2. The lowest BCUT2D eigenvalue weighted by molar-refractivity contribution is -0.138. The Hall–Kier alpha value is -1.95. The molecular weight excluding hydrogens is 322 g/mol. The first-order valence-electron chi connectivity index (χ1n) is 8.42. The summed E-state index contributed by atoms with van der Waals surface area (Å²) in [4.78, 5) is 29.0. The number of aryl methyl sites for hydroxylation is 1. The van der Waals surface area contributed by atoms with Gasteiger partial charge >= 0.3 is 0 Å². The largest absolute Gasteiger partial charge is 0.336 e. The van der Waals surface area contributed by atoms with Gasteiger partial charge in [0.05, 0.1) is 4.88 Å². The Kier molecular flexibility index (Phi) is 4.85. The Labute approximate surface area is 145 Å². The molecule has 2 unspecified atom stereocenters. The van der Waals surface area contributed by atoms with Crippen LogP contribution in [0.2, 0.25) is 0 Å². The van der Waals surface area contributed by atoms with Crippen molar-refractivity contribution in [3.8, 4) is 10.6 Å². The summed E-state index contributed by atoms with van der Waals surface area (Å²) in [7, 11) is 0. The summed E-state index contributed by atoms with van der Waals surface area (Å²) in [5, 5.41) is 4.41. The molecule has 1 amide bonds. The van der Waals surface area contributed by atoms with Gasteiger partial charge in [-0.1, -0.05) is 0 Å². The van der Waals surface area contributed by atoms with E-state index < -0.39 is 0 Å². The van der Waals surface area contributed by atoms with Crippen molar-refractivity contribution < 1.29 is 4.79 Å². The fourth-order valence-electron chi connectivity index (χ4n) is 3.39. The van der Waals surface area contributed by atoms with Crippen LogP contribution in [0, 0.1) is 6.92 Å². The van der Waals surface area contributed by atoms with Gasteiger partial charge < -0.3 is 4.90 Å². The Bertz CT molecular complexity index is 786. The molecule has 24 heavy (non-hydrogen) atoms. The molecular formula is C18H23N3O2S. The number of carbonyl (C=O) groups is 1. The van der Waals surface area contributed by atoms with Gasteiger partial charge in [-0.2, -0.15) is 5.10 Å². The summed E-state index contributed by atoms with van der Waals surface area (Å²) in [6.07, 6.45) is 3.19. The molecule has 0 aliphatic carbocycles. The van der Waals surface area contributed by atoms with Gasteiger partial charge in [-0.25, -0.2) is 4.68 Å². The van der Waals surface area contributed by atoms with Gasteiger partial charge in [0.25, 0.3) is 5.56 Å². The molecule has 2 atom stereocenters. The molecule has 3 rings (SSSR count). The molecule has 5 nitrogen and oxygen atoms in total. The maximum Gasteiger partial charge on any atom is 0.267 e. The Morgan fingerprint density at radius 3 is 2.54 bits per heavy atom. The van der Waals surface area contributed by atoms with Crippen molar-refractivity contribution in [2.45, 2.75) is 58.7 Å². The summed E-state index contributed by atoms with van der Waals surface area (Å²) in [6, 6.07) is 7.68. The summed E-state index contributed by atoms with van der Waals surface area (Å²) in [5.74, 6) is -0.0242. The first kappa shape index (κ1) is 16.9. The summed E-state index contributed by atoms with van der Waals surface area (Å²) in [5.41, 5.74) is 0.498. The van der Waals surface area contributed by atoms with Crippen LogP contribution in [0.25, 0.3) is 10.6 Å². The van der Waals surface area contributed by atoms with Crippen molar-refractivity contribution in [3.05, 3.63) is 39.5 Å². The molecule has 2 aromatic rings. The lowest BCUT2D eigenvalue weighted by atomic mass is 9.97. The number of hydrogen-bond acceptors (Lipinski definition) is 4. The van der Waals surface area contributed by atoms with Crippen LogP contribution in [0.3, 0.4) is 0 Å². The van der Waals surface area contributed by atoms with Crippen molar-refractivity contribution in [1.82, 2.24) is 14.7 Å². The predicted molar refractivity (Wildman–Crippen MR) is 96.2 cm³/mol. The van der Waals surface area contributed by atoms with E-state index in [-0.39, 0.29) is 30.1 Å². The molecule has 1 aliphatic rings. The molecule has 2 aromatic heterocycles. The van der Waals surface area contributed by atoms with Crippen molar-refractivity contribution in [1.29, 1.82) is 0 Å². The molecule has 0 bridgehead atoms. The SMILES string of the molecule is Cc1ccc(-c2ccc(=O)n(CC(=O)N3C(C)CCCC3C)n2)s1. The number of likely N-dealkylation sites (tertiary alicyclic amines) is 1. The molecule has 1 fully saturated rings. The molecule has 3 heterocycles. The third kappa shape index (κ3) is 3.43. The minimum atomic E-state index is -0.238. The molecule has 1 aliphatic heterocycles. The zero-order chi connectivity index (χ0) is 17.3. The third-order valence-electron chi connectivity index (χ3n) is 4.63. The molecule has 1 saturated heterocycles. The topological polar surface area (TPSA) is 55.2 Å². The van der Waals surface area contributed by atoms with E-state index in [0.29, 0.717) is 0 Å². The number of amides is 1. The smallest absolute Gasteiger partial charge is 0.267 e. The van der Waals surface area contributed by atoms with Crippen molar-refractivity contribution in [2.24, 2.45) is 0 Å². The summed E-state index contributed by atoms with van der Waals surface area (Å²) < 4.78 is 1.29. The second-order valence-electron chi connectivity index (χ2n) is 6.55.